The summed E-state index contributed by atoms with van der Waals surface area (Å²) in [5.41, 5.74) is 7.67. The summed E-state index contributed by atoms with van der Waals surface area (Å²) in [7, 11) is 0. The predicted molar refractivity (Wildman–Crippen MR) is 72.9 cm³/mol. The molecule has 1 aliphatic carbocycles. The Morgan fingerprint density at radius 2 is 2.22 bits per heavy atom. The maximum absolute atomic E-state index is 13.2. The van der Waals surface area contributed by atoms with Gasteiger partial charge >= 0.3 is 0 Å². The zero-order valence-electron chi connectivity index (χ0n) is 9.60. The fourth-order valence-corrected chi connectivity index (χ4v) is 2.43. The number of hydrogen-bond donors (Lipinski definition) is 1. The lowest BCUT2D eigenvalue weighted by Gasteiger charge is -2.22. The zero-order chi connectivity index (χ0) is 13.1. The Morgan fingerprint density at radius 1 is 1.44 bits per heavy atom. The number of rotatable bonds is 3. The largest absolute Gasteiger partial charge is 0.326 e. The molecule has 1 aromatic carbocycles. The molecule has 0 saturated carbocycles. The molecule has 2 N–H and O–H groups in total. The SMILES string of the molecule is NCc1cc(F)ccc1C1C(=S)C=CC=C1C=O. The summed E-state index contributed by atoms with van der Waals surface area (Å²) in [6.07, 6.45) is 6.02. The first-order chi connectivity index (χ1) is 8.67. The molecule has 0 saturated heterocycles. The van der Waals surface area contributed by atoms with Crippen molar-refractivity contribution in [1.82, 2.24) is 0 Å². The molecule has 4 heteroatoms. The maximum Gasteiger partial charge on any atom is 0.147 e. The quantitative estimate of drug-likeness (QED) is 0.671. The lowest BCUT2D eigenvalue weighted by Crippen LogP contribution is -2.17. The first kappa shape index (κ1) is 12.8. The predicted octanol–water partition coefficient (Wildman–Crippen LogP) is 2.43. The molecule has 0 amide bonds. The smallest absolute Gasteiger partial charge is 0.147 e. The molecule has 1 aliphatic rings. The van der Waals surface area contributed by atoms with Crippen molar-refractivity contribution in [2.24, 2.45) is 5.73 Å². The number of nitrogens with two attached hydrogens (primary N) is 1. The Bertz CT molecular complexity index is 563. The highest BCUT2D eigenvalue weighted by Crippen LogP contribution is 2.31. The number of carbonyl (C=O) groups excluding carboxylic acids is 1. The molecule has 92 valence electrons. The molecule has 1 aromatic rings. The molecule has 0 bridgehead atoms. The van der Waals surface area contributed by atoms with E-state index in [-0.39, 0.29) is 18.3 Å². The summed E-state index contributed by atoms with van der Waals surface area (Å²) < 4.78 is 13.2. The molecule has 1 atom stereocenters. The number of aldehydes is 1. The fourth-order valence-electron chi connectivity index (χ4n) is 2.08. The Labute approximate surface area is 110 Å². The minimum Gasteiger partial charge on any atom is -0.326 e. The van der Waals surface area contributed by atoms with E-state index in [2.05, 4.69) is 0 Å². The first-order valence-electron chi connectivity index (χ1n) is 5.53. The molecule has 0 heterocycles. The second-order valence-corrected chi connectivity index (χ2v) is 4.50. The Hall–Kier alpha value is -1.65. The van der Waals surface area contributed by atoms with Crippen molar-refractivity contribution in [3.63, 3.8) is 0 Å². The molecule has 0 spiro atoms. The Kier molecular flexibility index (Phi) is 3.79. The van der Waals surface area contributed by atoms with Gasteiger partial charge in [0, 0.05) is 22.9 Å². The van der Waals surface area contributed by atoms with Crippen LogP contribution in [0.1, 0.15) is 17.0 Å². The maximum atomic E-state index is 13.2. The Morgan fingerprint density at radius 3 is 2.89 bits per heavy atom. The van der Waals surface area contributed by atoms with E-state index in [1.807, 2.05) is 0 Å². The van der Waals surface area contributed by atoms with Crippen molar-refractivity contribution in [1.29, 1.82) is 0 Å². The van der Waals surface area contributed by atoms with Crippen LogP contribution in [0.3, 0.4) is 0 Å². The summed E-state index contributed by atoms with van der Waals surface area (Å²) in [6.45, 7) is 0.210. The van der Waals surface area contributed by atoms with E-state index in [1.165, 1.54) is 12.1 Å². The van der Waals surface area contributed by atoms with E-state index < -0.39 is 0 Å². The van der Waals surface area contributed by atoms with Crippen LogP contribution < -0.4 is 5.73 Å². The molecular weight excluding hydrogens is 249 g/mol. The van der Waals surface area contributed by atoms with Crippen LogP contribution in [0.15, 0.2) is 42.0 Å². The van der Waals surface area contributed by atoms with Gasteiger partial charge in [0.2, 0.25) is 0 Å². The standard InChI is InChI=1S/C14H12FNOS/c15-11-4-5-12(10(6-11)7-16)14-9(8-17)2-1-3-13(14)18/h1-6,8,14H,7,16H2. The minimum absolute atomic E-state index is 0.210. The number of allylic oxidation sites excluding steroid dienone is 4. The van der Waals surface area contributed by atoms with Crippen molar-refractivity contribution in [3.05, 3.63) is 58.9 Å². The van der Waals surface area contributed by atoms with Gasteiger partial charge in [-0.2, -0.15) is 0 Å². The van der Waals surface area contributed by atoms with Crippen molar-refractivity contribution in [3.8, 4) is 0 Å². The molecule has 18 heavy (non-hydrogen) atoms. The average molecular weight is 261 g/mol. The first-order valence-corrected chi connectivity index (χ1v) is 5.94. The summed E-state index contributed by atoms with van der Waals surface area (Å²) in [4.78, 5) is 11.7. The van der Waals surface area contributed by atoms with Crippen LogP contribution in [0.5, 0.6) is 0 Å². The molecule has 0 fully saturated rings. The van der Waals surface area contributed by atoms with Crippen LogP contribution >= 0.6 is 12.2 Å². The van der Waals surface area contributed by atoms with Crippen molar-refractivity contribution in [2.75, 3.05) is 0 Å². The summed E-state index contributed by atoms with van der Waals surface area (Å²) in [6, 6.07) is 4.39. The normalized spacial score (nSPS) is 18.7. The molecule has 0 aromatic heterocycles. The summed E-state index contributed by atoms with van der Waals surface area (Å²) in [5, 5.41) is 0. The Balaban J connectivity index is 2.53. The number of halogens is 1. The minimum atomic E-state index is -0.340. The van der Waals surface area contributed by atoms with E-state index >= 15 is 0 Å². The summed E-state index contributed by atoms with van der Waals surface area (Å²) in [5.74, 6) is -0.644. The fraction of sp³-hybridized carbons (Fsp3) is 0.143. The van der Waals surface area contributed by atoms with E-state index in [9.17, 15) is 9.18 Å². The van der Waals surface area contributed by atoms with Gasteiger partial charge in [-0.3, -0.25) is 4.79 Å². The van der Waals surface area contributed by atoms with E-state index in [0.717, 1.165) is 11.8 Å². The molecule has 0 radical (unpaired) electrons. The van der Waals surface area contributed by atoms with Gasteiger partial charge in [-0.25, -0.2) is 4.39 Å². The van der Waals surface area contributed by atoms with Gasteiger partial charge in [0.1, 0.15) is 12.1 Å². The molecule has 2 nitrogen and oxygen atoms in total. The second-order valence-electron chi connectivity index (χ2n) is 4.03. The van der Waals surface area contributed by atoms with Crippen LogP contribution in [0.4, 0.5) is 4.39 Å². The van der Waals surface area contributed by atoms with Crippen molar-refractivity contribution >= 4 is 23.4 Å². The third-order valence-corrected chi connectivity index (χ3v) is 3.31. The van der Waals surface area contributed by atoms with E-state index in [4.69, 9.17) is 18.0 Å². The van der Waals surface area contributed by atoms with E-state index in [0.29, 0.717) is 16.0 Å². The highest BCUT2D eigenvalue weighted by Gasteiger charge is 2.24. The van der Waals surface area contributed by atoms with Crippen LogP contribution in [-0.2, 0) is 11.3 Å². The van der Waals surface area contributed by atoms with Gasteiger partial charge in [-0.1, -0.05) is 30.4 Å². The zero-order valence-corrected chi connectivity index (χ0v) is 10.4. The molecule has 0 aliphatic heterocycles. The number of hydrogen-bond acceptors (Lipinski definition) is 3. The van der Waals surface area contributed by atoms with Crippen LogP contribution in [0.2, 0.25) is 0 Å². The molecule has 1 unspecified atom stereocenters. The van der Waals surface area contributed by atoms with Crippen LogP contribution in [0, 0.1) is 5.82 Å². The van der Waals surface area contributed by atoms with Gasteiger partial charge in [-0.05, 0) is 29.3 Å². The third kappa shape index (κ3) is 2.30. The van der Waals surface area contributed by atoms with E-state index in [1.54, 1.807) is 24.3 Å². The number of thiocarbonyl (C=S) groups is 1. The van der Waals surface area contributed by atoms with Gasteiger partial charge in [-0.15, -0.1) is 0 Å². The average Bonchev–Trinajstić information content (AvgIpc) is 2.38. The van der Waals surface area contributed by atoms with Crippen LogP contribution in [0.25, 0.3) is 0 Å². The van der Waals surface area contributed by atoms with Crippen LogP contribution in [-0.4, -0.2) is 11.2 Å². The van der Waals surface area contributed by atoms with Crippen molar-refractivity contribution in [2.45, 2.75) is 12.5 Å². The van der Waals surface area contributed by atoms with Gasteiger partial charge in [0.25, 0.3) is 0 Å². The number of carbonyl (C=O) groups is 1. The third-order valence-electron chi connectivity index (χ3n) is 2.94. The van der Waals surface area contributed by atoms with Gasteiger partial charge in [0.05, 0.1) is 0 Å². The van der Waals surface area contributed by atoms with Gasteiger partial charge in [0.15, 0.2) is 0 Å². The highest BCUT2D eigenvalue weighted by molar-refractivity contribution is 7.80. The van der Waals surface area contributed by atoms with Crippen molar-refractivity contribution < 1.29 is 9.18 Å². The second kappa shape index (κ2) is 5.33. The lowest BCUT2D eigenvalue weighted by atomic mass is 9.83. The topological polar surface area (TPSA) is 43.1 Å². The van der Waals surface area contributed by atoms with Gasteiger partial charge < -0.3 is 5.73 Å². The lowest BCUT2D eigenvalue weighted by molar-refractivity contribution is -0.105. The number of benzene rings is 1. The molecular formula is C14H12FNOS. The summed E-state index contributed by atoms with van der Waals surface area (Å²) >= 11 is 5.27. The molecule has 2 rings (SSSR count). The highest BCUT2D eigenvalue weighted by atomic mass is 32.1. The monoisotopic (exact) mass is 261 g/mol.